The summed E-state index contributed by atoms with van der Waals surface area (Å²) in [5.74, 6) is -0.399. The first-order chi connectivity index (χ1) is 8.27. The van der Waals surface area contributed by atoms with E-state index in [1.807, 2.05) is 13.8 Å². The number of rotatable bonds is 1. The lowest BCUT2D eigenvalue weighted by Gasteiger charge is -2.55. The first-order valence-electron chi connectivity index (χ1n) is 7.14. The smallest absolute Gasteiger partial charge is 0.218 e. The normalized spacial score (nSPS) is 29.6. The molecule has 0 amide bonds. The van der Waals surface area contributed by atoms with E-state index in [0.717, 1.165) is 12.8 Å². The Morgan fingerprint density at radius 1 is 1.00 bits per heavy atom. The molecule has 1 heterocycles. The van der Waals surface area contributed by atoms with Crippen LogP contribution in [0.4, 0.5) is 0 Å². The van der Waals surface area contributed by atoms with Gasteiger partial charge in [0, 0.05) is 18.0 Å². The first kappa shape index (κ1) is 13.7. The second-order valence-corrected chi connectivity index (χ2v) is 6.96. The number of hydrogen-bond acceptors (Lipinski definition) is 3. The third-order valence-electron chi connectivity index (χ3n) is 4.60. The quantitative estimate of drug-likeness (QED) is 0.672. The van der Waals surface area contributed by atoms with Gasteiger partial charge in [-0.3, -0.25) is 14.5 Å². The van der Waals surface area contributed by atoms with Crippen LogP contribution in [-0.4, -0.2) is 33.6 Å². The summed E-state index contributed by atoms with van der Waals surface area (Å²) in [6.07, 6.45) is 6.48. The lowest BCUT2D eigenvalue weighted by atomic mass is 9.75. The molecule has 2 fully saturated rings. The minimum atomic E-state index is -0.638. The van der Waals surface area contributed by atoms with Crippen LogP contribution in [0.3, 0.4) is 0 Å². The summed E-state index contributed by atoms with van der Waals surface area (Å²) in [7, 11) is 0. The van der Waals surface area contributed by atoms with Crippen molar-refractivity contribution >= 4 is 11.6 Å². The standard InChI is InChI=1S/C15H25NO2/c1-14(2)10-12(17)13(18)15(3,4)16(14)11-8-6-5-7-9-11/h11H,5-10H2,1-4H3. The summed E-state index contributed by atoms with van der Waals surface area (Å²) in [5.41, 5.74) is -0.836. The Hall–Kier alpha value is -0.700. The van der Waals surface area contributed by atoms with Crippen LogP contribution in [0.5, 0.6) is 0 Å². The van der Waals surface area contributed by atoms with Crippen LogP contribution in [0.25, 0.3) is 0 Å². The van der Waals surface area contributed by atoms with E-state index in [0.29, 0.717) is 12.5 Å². The highest BCUT2D eigenvalue weighted by atomic mass is 16.2. The van der Waals surface area contributed by atoms with Crippen molar-refractivity contribution in [2.75, 3.05) is 0 Å². The Balaban J connectivity index is 2.33. The summed E-state index contributed by atoms with van der Waals surface area (Å²) < 4.78 is 0. The molecular formula is C15H25NO2. The van der Waals surface area contributed by atoms with Crippen molar-refractivity contribution in [3.63, 3.8) is 0 Å². The Bertz CT molecular complexity index is 365. The summed E-state index contributed by atoms with van der Waals surface area (Å²) in [6, 6.07) is 0.459. The zero-order valence-electron chi connectivity index (χ0n) is 12.1. The fourth-order valence-electron chi connectivity index (χ4n) is 4.06. The Morgan fingerprint density at radius 3 is 2.11 bits per heavy atom. The van der Waals surface area contributed by atoms with E-state index in [1.54, 1.807) is 0 Å². The van der Waals surface area contributed by atoms with E-state index in [4.69, 9.17) is 0 Å². The molecule has 0 atom stereocenters. The van der Waals surface area contributed by atoms with E-state index in [2.05, 4.69) is 18.7 Å². The molecule has 0 bridgehead atoms. The fraction of sp³-hybridized carbons (Fsp3) is 0.867. The maximum absolute atomic E-state index is 12.2. The molecule has 3 nitrogen and oxygen atoms in total. The SMILES string of the molecule is CC1(C)CC(=O)C(=O)C(C)(C)N1C1CCCCC1. The molecule has 1 saturated carbocycles. The molecule has 0 N–H and O–H groups in total. The maximum Gasteiger partial charge on any atom is 0.218 e. The van der Waals surface area contributed by atoms with Gasteiger partial charge in [0.05, 0.1) is 5.54 Å². The molecule has 0 unspecified atom stereocenters. The number of Topliss-reactive ketones (excluding diaryl/α,β-unsaturated/α-hetero) is 2. The van der Waals surface area contributed by atoms with Crippen molar-refractivity contribution in [1.82, 2.24) is 4.90 Å². The van der Waals surface area contributed by atoms with Gasteiger partial charge in [-0.25, -0.2) is 0 Å². The summed E-state index contributed by atoms with van der Waals surface area (Å²) in [4.78, 5) is 26.4. The molecule has 102 valence electrons. The minimum Gasteiger partial charge on any atom is -0.291 e. The number of piperidine rings is 1. The van der Waals surface area contributed by atoms with E-state index < -0.39 is 5.54 Å². The predicted octanol–water partition coefficient (Wildman–Crippen LogP) is 2.72. The maximum atomic E-state index is 12.2. The van der Waals surface area contributed by atoms with Gasteiger partial charge < -0.3 is 0 Å². The van der Waals surface area contributed by atoms with Crippen molar-refractivity contribution < 1.29 is 9.59 Å². The molecule has 18 heavy (non-hydrogen) atoms. The highest BCUT2D eigenvalue weighted by Crippen LogP contribution is 2.40. The second kappa shape index (κ2) is 4.44. The first-order valence-corrected chi connectivity index (χ1v) is 7.14. The number of nitrogens with zero attached hydrogens (tertiary/aromatic N) is 1. The zero-order chi connectivity index (χ0) is 13.6. The Morgan fingerprint density at radius 2 is 1.56 bits per heavy atom. The number of carbonyl (C=O) groups is 2. The van der Waals surface area contributed by atoms with Gasteiger partial charge in [-0.2, -0.15) is 0 Å². The average Bonchev–Trinajstić information content (AvgIpc) is 2.26. The molecule has 0 radical (unpaired) electrons. The number of hydrogen-bond donors (Lipinski definition) is 0. The van der Waals surface area contributed by atoms with E-state index >= 15 is 0 Å². The second-order valence-electron chi connectivity index (χ2n) is 6.96. The molecule has 3 heteroatoms. The third kappa shape index (κ3) is 2.13. The van der Waals surface area contributed by atoms with Crippen molar-refractivity contribution in [3.8, 4) is 0 Å². The van der Waals surface area contributed by atoms with Gasteiger partial charge in [0.15, 0.2) is 0 Å². The molecule has 2 rings (SSSR count). The van der Waals surface area contributed by atoms with Gasteiger partial charge in [0.25, 0.3) is 0 Å². The van der Waals surface area contributed by atoms with E-state index in [9.17, 15) is 9.59 Å². The van der Waals surface area contributed by atoms with Crippen LogP contribution in [-0.2, 0) is 9.59 Å². The molecule has 0 aromatic carbocycles. The predicted molar refractivity (Wildman–Crippen MR) is 71.5 cm³/mol. The van der Waals surface area contributed by atoms with Gasteiger partial charge in [0.2, 0.25) is 11.6 Å². The van der Waals surface area contributed by atoms with E-state index in [1.165, 1.54) is 19.3 Å². The molecule has 2 aliphatic rings. The van der Waals surface area contributed by atoms with Crippen LogP contribution < -0.4 is 0 Å². The molecule has 0 aromatic rings. The van der Waals surface area contributed by atoms with Gasteiger partial charge in [-0.1, -0.05) is 19.3 Å². The fourth-order valence-corrected chi connectivity index (χ4v) is 4.06. The molecule has 0 spiro atoms. The van der Waals surface area contributed by atoms with Crippen LogP contribution >= 0.6 is 0 Å². The zero-order valence-corrected chi connectivity index (χ0v) is 12.1. The molecule has 1 aliphatic heterocycles. The van der Waals surface area contributed by atoms with Gasteiger partial charge in [-0.15, -0.1) is 0 Å². The lowest BCUT2D eigenvalue weighted by molar-refractivity contribution is -0.158. The highest BCUT2D eigenvalue weighted by Gasteiger charge is 2.53. The Kier molecular flexibility index (Phi) is 3.39. The van der Waals surface area contributed by atoms with Crippen LogP contribution in [0.1, 0.15) is 66.2 Å². The summed E-state index contributed by atoms with van der Waals surface area (Å²) in [5, 5.41) is 0. The minimum absolute atomic E-state index is 0.197. The van der Waals surface area contributed by atoms with Crippen molar-refractivity contribution in [1.29, 1.82) is 0 Å². The summed E-state index contributed by atoms with van der Waals surface area (Å²) in [6.45, 7) is 8.05. The van der Waals surface area contributed by atoms with Gasteiger partial charge in [-0.05, 0) is 40.5 Å². The average molecular weight is 251 g/mol. The molecular weight excluding hydrogens is 226 g/mol. The monoisotopic (exact) mass is 251 g/mol. The Labute approximate surface area is 110 Å². The summed E-state index contributed by atoms with van der Waals surface area (Å²) >= 11 is 0. The number of ketones is 2. The topological polar surface area (TPSA) is 37.4 Å². The van der Waals surface area contributed by atoms with Crippen molar-refractivity contribution in [3.05, 3.63) is 0 Å². The highest BCUT2D eigenvalue weighted by molar-refractivity contribution is 6.41. The number of carbonyl (C=O) groups excluding carboxylic acids is 2. The molecule has 0 aromatic heterocycles. The van der Waals surface area contributed by atoms with Crippen LogP contribution in [0.2, 0.25) is 0 Å². The number of likely N-dealkylation sites (tertiary alicyclic amines) is 1. The van der Waals surface area contributed by atoms with E-state index in [-0.39, 0.29) is 17.1 Å². The van der Waals surface area contributed by atoms with Crippen LogP contribution in [0.15, 0.2) is 0 Å². The third-order valence-corrected chi connectivity index (χ3v) is 4.60. The van der Waals surface area contributed by atoms with Gasteiger partial charge >= 0.3 is 0 Å². The largest absolute Gasteiger partial charge is 0.291 e. The molecule has 1 aliphatic carbocycles. The van der Waals surface area contributed by atoms with Gasteiger partial charge in [0.1, 0.15) is 0 Å². The molecule has 1 saturated heterocycles. The van der Waals surface area contributed by atoms with Crippen molar-refractivity contribution in [2.24, 2.45) is 0 Å². The lowest BCUT2D eigenvalue weighted by Crippen LogP contribution is -2.69. The van der Waals surface area contributed by atoms with Crippen molar-refractivity contribution in [2.45, 2.75) is 83.3 Å². The van der Waals surface area contributed by atoms with Crippen LogP contribution in [0, 0.1) is 0 Å².